The molecule has 0 saturated carbocycles. The van der Waals surface area contributed by atoms with Crippen molar-refractivity contribution in [1.29, 1.82) is 0 Å². The van der Waals surface area contributed by atoms with Crippen LogP contribution in [0, 0.1) is 0 Å². The molecule has 2 atom stereocenters. The zero-order chi connectivity index (χ0) is 19.3. The molecular weight excluding hydrogens is 374 g/mol. The maximum atomic E-state index is 6.21. The van der Waals surface area contributed by atoms with Crippen molar-refractivity contribution in [3.05, 3.63) is 65.3 Å². The van der Waals surface area contributed by atoms with Crippen LogP contribution in [0.15, 0.2) is 54.7 Å². The van der Waals surface area contributed by atoms with Gasteiger partial charge in [0.25, 0.3) is 0 Å². The van der Waals surface area contributed by atoms with E-state index in [9.17, 15) is 0 Å². The number of halogens is 1. The minimum Gasteiger partial charge on any atom is -0.396 e. The summed E-state index contributed by atoms with van der Waals surface area (Å²) in [6, 6.07) is 16.1. The van der Waals surface area contributed by atoms with Crippen LogP contribution in [0.4, 0.5) is 11.4 Å². The standard InChI is InChI=1S/C22H24ClN3O2/c23-16-6-7-21-19(10-16)22(20(24)12-25-21)26-17-8-9-28-18(11-17)14-27-13-15-4-2-1-3-5-15/h1-7,10,12,17-18H,8-9,11,13-14,24H2,(H,25,26)/t17-,18+/m1/s1. The van der Waals surface area contributed by atoms with Crippen LogP contribution in [-0.4, -0.2) is 30.3 Å². The molecule has 0 radical (unpaired) electrons. The second kappa shape index (κ2) is 8.78. The maximum Gasteiger partial charge on any atom is 0.0828 e. The van der Waals surface area contributed by atoms with Crippen LogP contribution >= 0.6 is 11.6 Å². The Labute approximate surface area is 169 Å². The number of nitrogens with two attached hydrogens (primary N) is 1. The molecular formula is C22H24ClN3O2. The quantitative estimate of drug-likeness (QED) is 0.633. The van der Waals surface area contributed by atoms with Crippen LogP contribution in [0.3, 0.4) is 0 Å². The van der Waals surface area contributed by atoms with E-state index < -0.39 is 0 Å². The maximum absolute atomic E-state index is 6.21. The SMILES string of the molecule is Nc1cnc2ccc(Cl)cc2c1N[C@@H]1CCO[C@H](COCc2ccccc2)C1. The fourth-order valence-corrected chi connectivity index (χ4v) is 3.73. The molecule has 4 rings (SSSR count). The third kappa shape index (κ3) is 4.55. The van der Waals surface area contributed by atoms with Gasteiger partial charge in [0.15, 0.2) is 0 Å². The first-order valence-corrected chi connectivity index (χ1v) is 9.90. The third-order valence-corrected chi connectivity index (χ3v) is 5.23. The van der Waals surface area contributed by atoms with E-state index in [1.165, 1.54) is 5.56 Å². The van der Waals surface area contributed by atoms with Crippen molar-refractivity contribution in [2.24, 2.45) is 0 Å². The predicted octanol–water partition coefficient (Wildman–Crippen LogP) is 4.65. The van der Waals surface area contributed by atoms with E-state index in [1.807, 2.05) is 36.4 Å². The Hall–Kier alpha value is -2.34. The van der Waals surface area contributed by atoms with Crippen molar-refractivity contribution in [3.8, 4) is 0 Å². The number of nitrogens with zero attached hydrogens (tertiary/aromatic N) is 1. The summed E-state index contributed by atoms with van der Waals surface area (Å²) in [6.07, 6.45) is 3.53. The number of pyridine rings is 1. The normalized spacial score (nSPS) is 19.6. The van der Waals surface area contributed by atoms with E-state index in [4.69, 9.17) is 26.8 Å². The number of hydrogen-bond acceptors (Lipinski definition) is 5. The number of nitrogen functional groups attached to an aromatic ring is 1. The van der Waals surface area contributed by atoms with E-state index in [-0.39, 0.29) is 12.1 Å². The molecule has 0 unspecified atom stereocenters. The minimum atomic E-state index is 0.0628. The number of benzene rings is 2. The van der Waals surface area contributed by atoms with Crippen molar-refractivity contribution >= 4 is 33.9 Å². The lowest BCUT2D eigenvalue weighted by Crippen LogP contribution is -2.36. The second-order valence-corrected chi connectivity index (χ2v) is 7.55. The summed E-state index contributed by atoms with van der Waals surface area (Å²) in [5.74, 6) is 0. The van der Waals surface area contributed by atoms with Gasteiger partial charge in [-0.1, -0.05) is 41.9 Å². The molecule has 1 aliphatic heterocycles. The summed E-state index contributed by atoms with van der Waals surface area (Å²) < 4.78 is 11.8. The first-order valence-electron chi connectivity index (χ1n) is 9.52. The average molecular weight is 398 g/mol. The van der Waals surface area contributed by atoms with Gasteiger partial charge in [-0.3, -0.25) is 4.98 Å². The van der Waals surface area contributed by atoms with Crippen molar-refractivity contribution in [2.75, 3.05) is 24.3 Å². The zero-order valence-electron chi connectivity index (χ0n) is 15.6. The Morgan fingerprint density at radius 3 is 2.93 bits per heavy atom. The van der Waals surface area contributed by atoms with Gasteiger partial charge in [0.2, 0.25) is 0 Å². The monoisotopic (exact) mass is 397 g/mol. The molecule has 0 bridgehead atoms. The molecule has 28 heavy (non-hydrogen) atoms. The van der Waals surface area contributed by atoms with Gasteiger partial charge >= 0.3 is 0 Å². The average Bonchev–Trinajstić information content (AvgIpc) is 2.71. The van der Waals surface area contributed by atoms with Gasteiger partial charge in [-0.05, 0) is 36.6 Å². The van der Waals surface area contributed by atoms with Crippen molar-refractivity contribution in [3.63, 3.8) is 0 Å². The van der Waals surface area contributed by atoms with Crippen LogP contribution in [0.2, 0.25) is 5.02 Å². The topological polar surface area (TPSA) is 69.4 Å². The van der Waals surface area contributed by atoms with Gasteiger partial charge in [0.1, 0.15) is 0 Å². The Kier molecular flexibility index (Phi) is 5.95. The lowest BCUT2D eigenvalue weighted by molar-refractivity contribution is -0.0478. The lowest BCUT2D eigenvalue weighted by atomic mass is 10.0. The van der Waals surface area contributed by atoms with E-state index in [0.717, 1.165) is 29.4 Å². The minimum absolute atomic E-state index is 0.0628. The van der Waals surface area contributed by atoms with Crippen LogP contribution < -0.4 is 11.1 Å². The molecule has 2 aromatic carbocycles. The fraction of sp³-hybridized carbons (Fsp3) is 0.318. The number of hydrogen-bond donors (Lipinski definition) is 2. The Bertz CT molecular complexity index is 930. The van der Waals surface area contributed by atoms with Crippen molar-refractivity contribution < 1.29 is 9.47 Å². The fourth-order valence-electron chi connectivity index (χ4n) is 3.56. The van der Waals surface area contributed by atoms with E-state index in [0.29, 0.717) is 30.5 Å². The molecule has 1 saturated heterocycles. The predicted molar refractivity (Wildman–Crippen MR) is 114 cm³/mol. The number of ether oxygens (including phenoxy) is 2. The Morgan fingerprint density at radius 2 is 2.07 bits per heavy atom. The van der Waals surface area contributed by atoms with E-state index in [1.54, 1.807) is 6.20 Å². The highest BCUT2D eigenvalue weighted by Crippen LogP contribution is 2.32. The van der Waals surface area contributed by atoms with Gasteiger partial charge in [0.05, 0.1) is 42.4 Å². The van der Waals surface area contributed by atoms with Crippen LogP contribution in [0.25, 0.3) is 10.9 Å². The highest BCUT2D eigenvalue weighted by molar-refractivity contribution is 6.31. The van der Waals surface area contributed by atoms with E-state index in [2.05, 4.69) is 22.4 Å². The molecule has 6 heteroatoms. The second-order valence-electron chi connectivity index (χ2n) is 7.11. The summed E-state index contributed by atoms with van der Waals surface area (Å²) in [7, 11) is 0. The summed E-state index contributed by atoms with van der Waals surface area (Å²) in [5, 5.41) is 5.21. The molecule has 146 valence electrons. The number of nitrogens with one attached hydrogen (secondary N) is 1. The Morgan fingerprint density at radius 1 is 1.21 bits per heavy atom. The molecule has 0 aliphatic carbocycles. The highest BCUT2D eigenvalue weighted by atomic mass is 35.5. The highest BCUT2D eigenvalue weighted by Gasteiger charge is 2.24. The molecule has 1 aliphatic rings. The molecule has 3 N–H and O–H groups in total. The van der Waals surface area contributed by atoms with Crippen LogP contribution in [-0.2, 0) is 16.1 Å². The van der Waals surface area contributed by atoms with Crippen LogP contribution in [0.1, 0.15) is 18.4 Å². The van der Waals surface area contributed by atoms with Gasteiger partial charge in [-0.15, -0.1) is 0 Å². The van der Waals surface area contributed by atoms with Crippen molar-refractivity contribution in [1.82, 2.24) is 4.98 Å². The van der Waals surface area contributed by atoms with Gasteiger partial charge in [-0.2, -0.15) is 0 Å². The van der Waals surface area contributed by atoms with Gasteiger partial charge < -0.3 is 20.5 Å². The third-order valence-electron chi connectivity index (χ3n) is 4.99. The first-order chi connectivity index (χ1) is 13.7. The summed E-state index contributed by atoms with van der Waals surface area (Å²) >= 11 is 6.18. The summed E-state index contributed by atoms with van der Waals surface area (Å²) in [5.41, 5.74) is 9.76. The smallest absolute Gasteiger partial charge is 0.0828 e. The zero-order valence-corrected chi connectivity index (χ0v) is 16.4. The molecule has 1 fully saturated rings. The van der Waals surface area contributed by atoms with Crippen molar-refractivity contribution in [2.45, 2.75) is 31.6 Å². The summed E-state index contributed by atoms with van der Waals surface area (Å²) in [6.45, 7) is 1.87. The number of rotatable bonds is 6. The van der Waals surface area contributed by atoms with Crippen LogP contribution in [0.5, 0.6) is 0 Å². The molecule has 1 aromatic heterocycles. The number of anilines is 2. The summed E-state index contributed by atoms with van der Waals surface area (Å²) in [4.78, 5) is 4.39. The Balaban J connectivity index is 1.39. The molecule has 3 aromatic rings. The molecule has 2 heterocycles. The van der Waals surface area contributed by atoms with E-state index >= 15 is 0 Å². The number of aromatic nitrogens is 1. The first kappa shape index (κ1) is 19.0. The molecule has 5 nitrogen and oxygen atoms in total. The largest absolute Gasteiger partial charge is 0.396 e. The number of fused-ring (bicyclic) bond motifs is 1. The molecule has 0 spiro atoms. The van der Waals surface area contributed by atoms with Gasteiger partial charge in [0, 0.05) is 23.1 Å². The van der Waals surface area contributed by atoms with Gasteiger partial charge in [-0.25, -0.2) is 0 Å². The molecule has 0 amide bonds. The lowest BCUT2D eigenvalue weighted by Gasteiger charge is -2.31.